The van der Waals surface area contributed by atoms with Crippen LogP contribution in [-0.4, -0.2) is 24.2 Å². The van der Waals surface area contributed by atoms with Crippen LogP contribution in [0.1, 0.15) is 31.9 Å². The number of ether oxygens (including phenoxy) is 1. The van der Waals surface area contributed by atoms with E-state index in [-0.39, 0.29) is 5.91 Å². The van der Waals surface area contributed by atoms with Gasteiger partial charge in [-0.3, -0.25) is 4.79 Å². The quantitative estimate of drug-likeness (QED) is 0.745. The fourth-order valence-electron chi connectivity index (χ4n) is 1.38. The van der Waals surface area contributed by atoms with Gasteiger partial charge in [-0.05, 0) is 31.5 Å². The molecule has 0 bridgehead atoms. The molecule has 4 nitrogen and oxygen atoms in total. The van der Waals surface area contributed by atoms with Gasteiger partial charge in [0.05, 0.1) is 19.1 Å². The minimum absolute atomic E-state index is 0.0664. The molecule has 1 rings (SSSR count). The van der Waals surface area contributed by atoms with E-state index in [1.165, 1.54) is 0 Å². The molecule has 1 amide bonds. The summed E-state index contributed by atoms with van der Waals surface area (Å²) in [5.74, 6) is -0.0664. The Hall–Kier alpha value is -1.39. The van der Waals surface area contributed by atoms with Crippen molar-refractivity contribution >= 4 is 11.6 Å². The number of rotatable bonds is 6. The van der Waals surface area contributed by atoms with Gasteiger partial charge in [0.1, 0.15) is 0 Å². The number of amides is 1. The van der Waals surface area contributed by atoms with E-state index in [4.69, 9.17) is 4.74 Å². The first kappa shape index (κ1) is 13.7. The van der Waals surface area contributed by atoms with Gasteiger partial charge in [-0.1, -0.05) is 12.1 Å². The Labute approximate surface area is 102 Å². The van der Waals surface area contributed by atoms with E-state index < -0.39 is 6.10 Å². The van der Waals surface area contributed by atoms with Crippen molar-refractivity contribution < 1.29 is 14.6 Å². The lowest BCUT2D eigenvalue weighted by atomic mass is 10.1. The van der Waals surface area contributed by atoms with Crippen molar-refractivity contribution in [3.63, 3.8) is 0 Å². The number of anilines is 1. The van der Waals surface area contributed by atoms with Crippen molar-refractivity contribution in [3.05, 3.63) is 29.8 Å². The lowest BCUT2D eigenvalue weighted by Crippen LogP contribution is -2.14. The summed E-state index contributed by atoms with van der Waals surface area (Å²) in [7, 11) is 0. The topological polar surface area (TPSA) is 58.6 Å². The average Bonchev–Trinajstić information content (AvgIpc) is 2.30. The maximum atomic E-state index is 11.5. The first-order chi connectivity index (χ1) is 8.13. The normalized spacial score (nSPS) is 12.2. The second-order valence-electron chi connectivity index (χ2n) is 3.79. The van der Waals surface area contributed by atoms with E-state index in [0.717, 1.165) is 11.3 Å². The van der Waals surface area contributed by atoms with E-state index in [9.17, 15) is 9.90 Å². The monoisotopic (exact) mass is 237 g/mol. The van der Waals surface area contributed by atoms with Crippen LogP contribution in [0.2, 0.25) is 0 Å². The molecule has 0 saturated heterocycles. The lowest BCUT2D eigenvalue weighted by molar-refractivity contribution is -0.117. The minimum Gasteiger partial charge on any atom is -0.389 e. The number of carbonyl (C=O) groups is 1. The maximum Gasteiger partial charge on any atom is 0.226 e. The van der Waals surface area contributed by atoms with Crippen LogP contribution >= 0.6 is 0 Å². The molecular formula is C13H19NO3. The Balaban J connectivity index is 2.43. The van der Waals surface area contributed by atoms with Crippen LogP contribution in [0.15, 0.2) is 24.3 Å². The van der Waals surface area contributed by atoms with Gasteiger partial charge in [0, 0.05) is 12.3 Å². The number of aliphatic hydroxyl groups is 1. The van der Waals surface area contributed by atoms with Crippen LogP contribution in [0, 0.1) is 0 Å². The first-order valence-electron chi connectivity index (χ1n) is 5.79. The molecule has 0 saturated carbocycles. The fourth-order valence-corrected chi connectivity index (χ4v) is 1.38. The van der Waals surface area contributed by atoms with Gasteiger partial charge in [0.25, 0.3) is 0 Å². The lowest BCUT2D eigenvalue weighted by Gasteiger charge is -2.08. The third kappa shape index (κ3) is 4.97. The van der Waals surface area contributed by atoms with Crippen LogP contribution in [0.5, 0.6) is 0 Å². The zero-order valence-electron chi connectivity index (χ0n) is 10.3. The highest BCUT2D eigenvalue weighted by atomic mass is 16.5. The van der Waals surface area contributed by atoms with Crippen LogP contribution in [-0.2, 0) is 9.53 Å². The van der Waals surface area contributed by atoms with E-state index in [2.05, 4.69) is 5.32 Å². The maximum absolute atomic E-state index is 11.5. The highest BCUT2D eigenvalue weighted by Crippen LogP contribution is 2.15. The van der Waals surface area contributed by atoms with E-state index in [1.54, 1.807) is 31.2 Å². The molecule has 1 atom stereocenters. The highest BCUT2D eigenvalue weighted by molar-refractivity contribution is 5.90. The second-order valence-corrected chi connectivity index (χ2v) is 3.79. The van der Waals surface area contributed by atoms with Crippen molar-refractivity contribution in [2.24, 2.45) is 0 Å². The van der Waals surface area contributed by atoms with Crippen LogP contribution in [0.3, 0.4) is 0 Å². The third-order valence-electron chi connectivity index (χ3n) is 2.35. The minimum atomic E-state index is -0.488. The second kappa shape index (κ2) is 7.04. The third-order valence-corrected chi connectivity index (χ3v) is 2.35. The van der Waals surface area contributed by atoms with Gasteiger partial charge in [-0.25, -0.2) is 0 Å². The van der Waals surface area contributed by atoms with Crippen molar-refractivity contribution in [2.75, 3.05) is 18.5 Å². The predicted molar refractivity (Wildman–Crippen MR) is 66.8 cm³/mol. The Morgan fingerprint density at radius 2 is 2.06 bits per heavy atom. The van der Waals surface area contributed by atoms with Crippen molar-refractivity contribution in [1.82, 2.24) is 0 Å². The summed E-state index contributed by atoms with van der Waals surface area (Å²) in [6.07, 6.45) is -0.135. The van der Waals surface area contributed by atoms with Crippen LogP contribution < -0.4 is 5.32 Å². The SMILES string of the molecule is CCOCCC(=O)Nc1ccc(C(C)O)cc1. The average molecular weight is 237 g/mol. The molecule has 0 radical (unpaired) electrons. The first-order valence-corrected chi connectivity index (χ1v) is 5.79. The van der Waals surface area contributed by atoms with E-state index >= 15 is 0 Å². The summed E-state index contributed by atoms with van der Waals surface area (Å²) in [4.78, 5) is 11.5. The van der Waals surface area contributed by atoms with Gasteiger partial charge < -0.3 is 15.2 Å². The summed E-state index contributed by atoms with van der Waals surface area (Å²) in [5.41, 5.74) is 1.56. The molecule has 2 N–H and O–H groups in total. The molecular weight excluding hydrogens is 218 g/mol. The smallest absolute Gasteiger partial charge is 0.226 e. The van der Waals surface area contributed by atoms with Gasteiger partial charge in [-0.2, -0.15) is 0 Å². The number of carbonyl (C=O) groups excluding carboxylic acids is 1. The molecule has 0 fully saturated rings. The molecule has 0 aliphatic heterocycles. The summed E-state index contributed by atoms with van der Waals surface area (Å²) >= 11 is 0. The standard InChI is InChI=1S/C13H19NO3/c1-3-17-9-8-13(16)14-12-6-4-11(5-7-12)10(2)15/h4-7,10,15H,3,8-9H2,1-2H3,(H,14,16). The largest absolute Gasteiger partial charge is 0.389 e. The molecule has 0 heterocycles. The number of hydrogen-bond donors (Lipinski definition) is 2. The zero-order chi connectivity index (χ0) is 12.7. The zero-order valence-corrected chi connectivity index (χ0v) is 10.3. The van der Waals surface area contributed by atoms with E-state index in [1.807, 2.05) is 6.92 Å². The Morgan fingerprint density at radius 3 is 2.59 bits per heavy atom. The number of benzene rings is 1. The van der Waals surface area contributed by atoms with E-state index in [0.29, 0.717) is 19.6 Å². The molecule has 0 aliphatic carbocycles. The molecule has 17 heavy (non-hydrogen) atoms. The van der Waals surface area contributed by atoms with Gasteiger partial charge in [-0.15, -0.1) is 0 Å². The van der Waals surface area contributed by atoms with Gasteiger partial charge in [0.15, 0.2) is 0 Å². The van der Waals surface area contributed by atoms with Crippen LogP contribution in [0.25, 0.3) is 0 Å². The number of hydrogen-bond acceptors (Lipinski definition) is 3. The van der Waals surface area contributed by atoms with Crippen molar-refractivity contribution in [3.8, 4) is 0 Å². The Morgan fingerprint density at radius 1 is 1.41 bits per heavy atom. The highest BCUT2D eigenvalue weighted by Gasteiger charge is 2.03. The molecule has 0 aliphatic rings. The summed E-state index contributed by atoms with van der Waals surface area (Å²) in [5, 5.41) is 12.1. The molecule has 1 aromatic rings. The number of nitrogens with one attached hydrogen (secondary N) is 1. The van der Waals surface area contributed by atoms with Gasteiger partial charge >= 0.3 is 0 Å². The van der Waals surface area contributed by atoms with Gasteiger partial charge in [0.2, 0.25) is 5.91 Å². The van der Waals surface area contributed by atoms with Crippen LogP contribution in [0.4, 0.5) is 5.69 Å². The van der Waals surface area contributed by atoms with Crippen molar-refractivity contribution in [2.45, 2.75) is 26.4 Å². The molecule has 94 valence electrons. The molecule has 0 spiro atoms. The Kier molecular flexibility index (Phi) is 5.66. The Bertz CT molecular complexity index is 346. The molecule has 1 aromatic carbocycles. The fraction of sp³-hybridized carbons (Fsp3) is 0.462. The molecule has 1 unspecified atom stereocenters. The summed E-state index contributed by atoms with van der Waals surface area (Å²) < 4.78 is 5.10. The summed E-state index contributed by atoms with van der Waals surface area (Å²) in [6, 6.07) is 7.15. The summed E-state index contributed by atoms with van der Waals surface area (Å²) in [6.45, 7) is 4.66. The number of aliphatic hydroxyl groups excluding tert-OH is 1. The molecule has 4 heteroatoms. The predicted octanol–water partition coefficient (Wildman–Crippen LogP) is 2.11. The molecule has 0 aromatic heterocycles. The van der Waals surface area contributed by atoms with Crippen molar-refractivity contribution in [1.29, 1.82) is 0 Å².